The second kappa shape index (κ2) is 9.39. The van der Waals surface area contributed by atoms with E-state index in [1.807, 2.05) is 43.3 Å². The third-order valence-electron chi connectivity index (χ3n) is 5.02. The molecule has 1 aliphatic rings. The zero-order chi connectivity index (χ0) is 20.8. The SMILES string of the molecule is Cc1nc(NCCNC(=O)c2cc(-c3ccccc3)on2)cc(N2CCCCC2)n1. The molecule has 1 saturated heterocycles. The van der Waals surface area contributed by atoms with E-state index in [1.165, 1.54) is 19.3 Å². The zero-order valence-corrected chi connectivity index (χ0v) is 17.1. The van der Waals surface area contributed by atoms with Gasteiger partial charge in [-0.05, 0) is 26.2 Å². The number of carbonyl (C=O) groups excluding carboxylic acids is 1. The van der Waals surface area contributed by atoms with Gasteiger partial charge in [0, 0.05) is 43.9 Å². The van der Waals surface area contributed by atoms with Gasteiger partial charge in [0.05, 0.1) is 0 Å². The maximum atomic E-state index is 12.3. The fourth-order valence-corrected chi connectivity index (χ4v) is 3.51. The van der Waals surface area contributed by atoms with E-state index in [1.54, 1.807) is 6.07 Å². The van der Waals surface area contributed by atoms with Gasteiger partial charge in [0.15, 0.2) is 11.5 Å². The van der Waals surface area contributed by atoms with Gasteiger partial charge in [-0.3, -0.25) is 4.79 Å². The van der Waals surface area contributed by atoms with Crippen molar-refractivity contribution in [1.29, 1.82) is 0 Å². The third-order valence-corrected chi connectivity index (χ3v) is 5.02. The number of aromatic nitrogens is 3. The van der Waals surface area contributed by atoms with Gasteiger partial charge in [0.25, 0.3) is 5.91 Å². The first-order valence-corrected chi connectivity index (χ1v) is 10.3. The number of hydrogen-bond acceptors (Lipinski definition) is 7. The highest BCUT2D eigenvalue weighted by molar-refractivity contribution is 5.93. The van der Waals surface area contributed by atoms with Crippen LogP contribution in [0.3, 0.4) is 0 Å². The molecule has 0 aliphatic carbocycles. The van der Waals surface area contributed by atoms with Crippen molar-refractivity contribution in [1.82, 2.24) is 20.4 Å². The summed E-state index contributed by atoms with van der Waals surface area (Å²) in [5.41, 5.74) is 1.15. The van der Waals surface area contributed by atoms with Crippen LogP contribution in [0.1, 0.15) is 35.6 Å². The van der Waals surface area contributed by atoms with Gasteiger partial charge in [0.2, 0.25) is 0 Å². The standard InChI is InChI=1S/C22H26N6O2/c1-16-25-20(15-21(26-16)28-12-6-3-7-13-28)23-10-11-24-22(29)18-14-19(30-27-18)17-8-4-2-5-9-17/h2,4-5,8-9,14-15H,3,6-7,10-13H2,1H3,(H,24,29)(H,23,25,26). The molecule has 0 atom stereocenters. The monoisotopic (exact) mass is 406 g/mol. The highest BCUT2D eigenvalue weighted by Gasteiger charge is 2.15. The third kappa shape index (κ3) is 4.94. The number of hydrogen-bond donors (Lipinski definition) is 2. The number of nitrogens with zero attached hydrogens (tertiary/aromatic N) is 4. The number of benzene rings is 1. The molecule has 0 radical (unpaired) electrons. The smallest absolute Gasteiger partial charge is 0.273 e. The molecule has 0 saturated carbocycles. The fourth-order valence-electron chi connectivity index (χ4n) is 3.51. The van der Waals surface area contributed by atoms with E-state index in [9.17, 15) is 4.79 Å². The number of rotatable bonds is 7. The Kier molecular flexibility index (Phi) is 6.22. The summed E-state index contributed by atoms with van der Waals surface area (Å²) in [6.07, 6.45) is 3.68. The molecule has 8 nitrogen and oxygen atoms in total. The number of carbonyl (C=O) groups is 1. The molecule has 0 spiro atoms. The molecule has 1 amide bonds. The van der Waals surface area contributed by atoms with Crippen molar-refractivity contribution in [3.05, 3.63) is 54.0 Å². The molecule has 2 aromatic heterocycles. The Morgan fingerprint density at radius 3 is 2.67 bits per heavy atom. The first-order valence-electron chi connectivity index (χ1n) is 10.3. The summed E-state index contributed by atoms with van der Waals surface area (Å²) < 4.78 is 5.28. The average molecular weight is 406 g/mol. The number of nitrogens with one attached hydrogen (secondary N) is 2. The summed E-state index contributed by atoms with van der Waals surface area (Å²) in [6, 6.07) is 13.2. The lowest BCUT2D eigenvalue weighted by Crippen LogP contribution is -2.31. The fraction of sp³-hybridized carbons (Fsp3) is 0.364. The highest BCUT2D eigenvalue weighted by atomic mass is 16.5. The van der Waals surface area contributed by atoms with Crippen LogP contribution in [-0.4, -0.2) is 47.2 Å². The van der Waals surface area contributed by atoms with E-state index < -0.39 is 0 Å². The minimum absolute atomic E-state index is 0.263. The quantitative estimate of drug-likeness (QED) is 0.581. The number of anilines is 2. The molecule has 3 heterocycles. The van der Waals surface area contributed by atoms with Crippen LogP contribution < -0.4 is 15.5 Å². The van der Waals surface area contributed by atoms with E-state index in [0.717, 1.165) is 36.1 Å². The van der Waals surface area contributed by atoms with E-state index in [4.69, 9.17) is 4.52 Å². The lowest BCUT2D eigenvalue weighted by Gasteiger charge is -2.28. The Balaban J connectivity index is 1.28. The van der Waals surface area contributed by atoms with Crippen LogP contribution in [0.4, 0.5) is 11.6 Å². The first kappa shape index (κ1) is 19.9. The van der Waals surface area contributed by atoms with Crippen LogP contribution in [-0.2, 0) is 0 Å². The minimum atomic E-state index is -0.268. The molecular formula is C22H26N6O2. The van der Waals surface area contributed by atoms with Gasteiger partial charge < -0.3 is 20.1 Å². The Hall–Kier alpha value is -3.42. The molecule has 156 valence electrons. The summed E-state index contributed by atoms with van der Waals surface area (Å²) in [5.74, 6) is 2.77. The van der Waals surface area contributed by atoms with Crippen molar-refractivity contribution < 1.29 is 9.32 Å². The van der Waals surface area contributed by atoms with Crippen molar-refractivity contribution in [2.24, 2.45) is 0 Å². The molecular weight excluding hydrogens is 380 g/mol. The highest BCUT2D eigenvalue weighted by Crippen LogP contribution is 2.21. The molecule has 0 bridgehead atoms. The van der Waals surface area contributed by atoms with Crippen LogP contribution in [0.25, 0.3) is 11.3 Å². The van der Waals surface area contributed by atoms with Gasteiger partial charge >= 0.3 is 0 Å². The second-order valence-electron chi connectivity index (χ2n) is 7.33. The molecule has 0 unspecified atom stereocenters. The minimum Gasteiger partial charge on any atom is -0.368 e. The van der Waals surface area contributed by atoms with Gasteiger partial charge in [-0.15, -0.1) is 0 Å². The molecule has 1 aliphatic heterocycles. The van der Waals surface area contributed by atoms with Gasteiger partial charge in [-0.1, -0.05) is 35.5 Å². The summed E-state index contributed by atoms with van der Waals surface area (Å²) in [7, 11) is 0. The second-order valence-corrected chi connectivity index (χ2v) is 7.33. The maximum Gasteiger partial charge on any atom is 0.273 e. The normalized spacial score (nSPS) is 13.8. The number of amides is 1. The van der Waals surface area contributed by atoms with Crippen LogP contribution in [0.2, 0.25) is 0 Å². The van der Waals surface area contributed by atoms with E-state index in [-0.39, 0.29) is 11.6 Å². The number of aryl methyl sites for hydroxylation is 1. The lowest BCUT2D eigenvalue weighted by molar-refractivity contribution is 0.0946. The lowest BCUT2D eigenvalue weighted by atomic mass is 10.1. The Morgan fingerprint density at radius 1 is 1.07 bits per heavy atom. The predicted molar refractivity (Wildman–Crippen MR) is 116 cm³/mol. The molecule has 1 aromatic carbocycles. The average Bonchev–Trinajstić information content (AvgIpc) is 3.28. The summed E-state index contributed by atoms with van der Waals surface area (Å²) >= 11 is 0. The first-order chi connectivity index (χ1) is 14.7. The van der Waals surface area contributed by atoms with Crippen molar-refractivity contribution >= 4 is 17.5 Å². The molecule has 30 heavy (non-hydrogen) atoms. The zero-order valence-electron chi connectivity index (χ0n) is 17.1. The molecule has 8 heteroatoms. The Morgan fingerprint density at radius 2 is 1.87 bits per heavy atom. The largest absolute Gasteiger partial charge is 0.368 e. The van der Waals surface area contributed by atoms with E-state index in [2.05, 4.69) is 30.7 Å². The van der Waals surface area contributed by atoms with Crippen molar-refractivity contribution in [2.45, 2.75) is 26.2 Å². The van der Waals surface area contributed by atoms with Crippen molar-refractivity contribution in [2.75, 3.05) is 36.4 Å². The Bertz CT molecular complexity index is 982. The molecule has 3 aromatic rings. The number of piperidine rings is 1. The van der Waals surface area contributed by atoms with E-state index >= 15 is 0 Å². The van der Waals surface area contributed by atoms with Crippen LogP contribution in [0.5, 0.6) is 0 Å². The summed E-state index contributed by atoms with van der Waals surface area (Å²) in [5, 5.41) is 9.99. The molecule has 4 rings (SSSR count). The molecule has 2 N–H and O–H groups in total. The maximum absolute atomic E-state index is 12.3. The van der Waals surface area contributed by atoms with Gasteiger partial charge in [0.1, 0.15) is 17.5 Å². The Labute approximate surface area is 175 Å². The summed E-state index contributed by atoms with van der Waals surface area (Å²) in [6.45, 7) is 4.96. The topological polar surface area (TPSA) is 96.2 Å². The van der Waals surface area contributed by atoms with Crippen molar-refractivity contribution in [3.8, 4) is 11.3 Å². The molecule has 1 fully saturated rings. The van der Waals surface area contributed by atoms with Crippen LogP contribution in [0, 0.1) is 6.92 Å². The van der Waals surface area contributed by atoms with Crippen LogP contribution >= 0.6 is 0 Å². The van der Waals surface area contributed by atoms with Crippen LogP contribution in [0.15, 0.2) is 47.0 Å². The summed E-state index contributed by atoms with van der Waals surface area (Å²) in [4.78, 5) is 23.6. The predicted octanol–water partition coefficient (Wildman–Crippen LogP) is 3.27. The van der Waals surface area contributed by atoms with Gasteiger partial charge in [-0.25, -0.2) is 9.97 Å². The van der Waals surface area contributed by atoms with Gasteiger partial charge in [-0.2, -0.15) is 0 Å². The van der Waals surface area contributed by atoms with Crippen molar-refractivity contribution in [3.63, 3.8) is 0 Å². The van der Waals surface area contributed by atoms with E-state index in [0.29, 0.717) is 18.8 Å².